The molecule has 0 bridgehead atoms. The highest BCUT2D eigenvalue weighted by Crippen LogP contribution is 2.32. The van der Waals surface area contributed by atoms with E-state index in [1.807, 2.05) is 36.1 Å². The molecule has 5 rings (SSSR count). The molecule has 1 N–H and O–H groups in total. The fraction of sp³-hybridized carbons (Fsp3) is 0.310. The van der Waals surface area contributed by atoms with Gasteiger partial charge in [-0.05, 0) is 49.4 Å². The highest BCUT2D eigenvalue weighted by molar-refractivity contribution is 7.98. The van der Waals surface area contributed by atoms with Gasteiger partial charge in [0.15, 0.2) is 10.9 Å². The number of furan rings is 1. The highest BCUT2D eigenvalue weighted by atomic mass is 32.2. The van der Waals surface area contributed by atoms with Crippen LogP contribution in [0.2, 0.25) is 0 Å². The van der Waals surface area contributed by atoms with Crippen molar-refractivity contribution in [2.24, 2.45) is 0 Å². The average Bonchev–Trinajstić information content (AvgIpc) is 3.45. The SMILES string of the molecule is Cc1cc(N2CCN(c3cccc(C(F)(F)F)c3)CC2)nc(SCc2ccc(C(=O)NCCc3ccccn3)o2)n1. The zero-order valence-electron chi connectivity index (χ0n) is 22.4. The van der Waals surface area contributed by atoms with E-state index in [9.17, 15) is 18.0 Å². The summed E-state index contributed by atoms with van der Waals surface area (Å²) in [4.78, 5) is 30.0. The summed E-state index contributed by atoms with van der Waals surface area (Å²) < 4.78 is 45.1. The largest absolute Gasteiger partial charge is 0.455 e. The van der Waals surface area contributed by atoms with Crippen LogP contribution in [0, 0.1) is 6.92 Å². The zero-order valence-corrected chi connectivity index (χ0v) is 23.2. The first-order chi connectivity index (χ1) is 19.7. The van der Waals surface area contributed by atoms with Crippen LogP contribution < -0.4 is 15.1 Å². The lowest BCUT2D eigenvalue weighted by atomic mass is 10.1. The van der Waals surface area contributed by atoms with Gasteiger partial charge in [0.05, 0.1) is 11.3 Å². The Morgan fingerprint density at radius 2 is 1.80 bits per heavy atom. The van der Waals surface area contributed by atoms with Crippen molar-refractivity contribution in [3.05, 3.63) is 95.3 Å². The van der Waals surface area contributed by atoms with Crippen molar-refractivity contribution >= 4 is 29.2 Å². The molecule has 4 heterocycles. The van der Waals surface area contributed by atoms with Crippen LogP contribution in [0.4, 0.5) is 24.7 Å². The summed E-state index contributed by atoms with van der Waals surface area (Å²) in [5.74, 6) is 1.82. The minimum Gasteiger partial charge on any atom is -0.455 e. The van der Waals surface area contributed by atoms with Crippen LogP contribution in [0.5, 0.6) is 0 Å². The van der Waals surface area contributed by atoms with Gasteiger partial charge in [0, 0.05) is 68.5 Å². The Labute approximate surface area is 240 Å². The number of anilines is 2. The molecule has 1 aliphatic rings. The number of nitrogens with one attached hydrogen (secondary N) is 1. The maximum absolute atomic E-state index is 13.1. The molecule has 1 saturated heterocycles. The molecule has 214 valence electrons. The molecule has 1 fully saturated rings. The second-order valence-electron chi connectivity index (χ2n) is 9.55. The van der Waals surface area contributed by atoms with E-state index in [4.69, 9.17) is 9.40 Å². The third kappa shape index (κ3) is 7.57. The lowest BCUT2D eigenvalue weighted by Crippen LogP contribution is -2.47. The number of halogens is 3. The number of benzene rings is 1. The Bertz CT molecular complexity index is 1470. The number of hydrogen-bond acceptors (Lipinski definition) is 8. The zero-order chi connectivity index (χ0) is 28.8. The Morgan fingerprint density at radius 1 is 1.00 bits per heavy atom. The minimum absolute atomic E-state index is 0.242. The maximum atomic E-state index is 13.1. The molecule has 12 heteroatoms. The molecule has 8 nitrogen and oxygen atoms in total. The predicted molar refractivity (Wildman–Crippen MR) is 151 cm³/mol. The van der Waals surface area contributed by atoms with Crippen LogP contribution in [0.15, 0.2) is 76.4 Å². The van der Waals surface area contributed by atoms with Crippen molar-refractivity contribution in [1.82, 2.24) is 20.3 Å². The van der Waals surface area contributed by atoms with Gasteiger partial charge in [-0.15, -0.1) is 0 Å². The molecule has 0 unspecified atom stereocenters. The molecular formula is C29H29F3N6O2S. The Kier molecular flexibility index (Phi) is 8.77. The number of thioether (sulfide) groups is 1. The molecule has 1 aliphatic heterocycles. The van der Waals surface area contributed by atoms with Gasteiger partial charge in [0.25, 0.3) is 5.91 Å². The molecule has 1 amide bonds. The summed E-state index contributed by atoms with van der Waals surface area (Å²) in [7, 11) is 0. The van der Waals surface area contributed by atoms with Gasteiger partial charge in [0.2, 0.25) is 0 Å². The monoisotopic (exact) mass is 582 g/mol. The molecule has 0 atom stereocenters. The number of amides is 1. The van der Waals surface area contributed by atoms with E-state index in [1.54, 1.807) is 24.4 Å². The lowest BCUT2D eigenvalue weighted by molar-refractivity contribution is -0.137. The Morgan fingerprint density at radius 3 is 2.56 bits per heavy atom. The van der Waals surface area contributed by atoms with Gasteiger partial charge in [-0.25, -0.2) is 9.97 Å². The number of piperazine rings is 1. The average molecular weight is 583 g/mol. The first kappa shape index (κ1) is 28.5. The minimum atomic E-state index is -4.37. The van der Waals surface area contributed by atoms with Crippen molar-refractivity contribution in [1.29, 1.82) is 0 Å². The molecular weight excluding hydrogens is 553 g/mol. The van der Waals surface area contributed by atoms with Gasteiger partial charge in [0.1, 0.15) is 11.6 Å². The molecule has 41 heavy (non-hydrogen) atoms. The summed E-state index contributed by atoms with van der Waals surface area (Å²) in [6.45, 7) is 4.74. The number of carbonyl (C=O) groups excluding carboxylic acids is 1. The van der Waals surface area contributed by atoms with Crippen molar-refractivity contribution in [3.8, 4) is 0 Å². The number of carbonyl (C=O) groups is 1. The van der Waals surface area contributed by atoms with Gasteiger partial charge in [-0.1, -0.05) is 23.9 Å². The standard InChI is InChI=1S/C29H29F3N6O2S/c1-20-17-26(38-15-13-37(14-16-38)23-7-4-5-21(18-23)29(30,31)32)36-28(35-20)41-19-24-8-9-25(40-24)27(39)34-12-10-22-6-2-3-11-33-22/h2-9,11,17-18H,10,12-16,19H2,1H3,(H,34,39). The van der Waals surface area contributed by atoms with E-state index < -0.39 is 11.7 Å². The van der Waals surface area contributed by atoms with Crippen LogP contribution in [-0.2, 0) is 18.3 Å². The van der Waals surface area contributed by atoms with E-state index in [2.05, 4.69) is 20.2 Å². The van der Waals surface area contributed by atoms with E-state index in [-0.39, 0.29) is 11.7 Å². The number of aromatic nitrogens is 3. The summed E-state index contributed by atoms with van der Waals surface area (Å²) in [6, 6.07) is 16.4. The third-order valence-electron chi connectivity index (χ3n) is 6.58. The van der Waals surface area contributed by atoms with Gasteiger partial charge in [-0.2, -0.15) is 13.2 Å². The van der Waals surface area contributed by atoms with Gasteiger partial charge < -0.3 is 19.5 Å². The summed E-state index contributed by atoms with van der Waals surface area (Å²) in [6.07, 6.45) is -2.02. The normalized spacial score (nSPS) is 13.9. The summed E-state index contributed by atoms with van der Waals surface area (Å²) in [5, 5.41) is 3.43. The molecule has 4 aromatic rings. The number of nitrogens with zero attached hydrogens (tertiary/aromatic N) is 5. The number of aryl methyl sites for hydroxylation is 1. The molecule has 0 radical (unpaired) electrons. The summed E-state index contributed by atoms with van der Waals surface area (Å²) in [5.41, 5.74) is 1.63. The Hall–Kier alpha value is -4.06. The number of hydrogen-bond donors (Lipinski definition) is 1. The number of pyridine rings is 1. The first-order valence-corrected chi connectivity index (χ1v) is 14.2. The molecule has 0 spiro atoms. The first-order valence-electron chi connectivity index (χ1n) is 13.2. The maximum Gasteiger partial charge on any atom is 0.416 e. The van der Waals surface area contributed by atoms with E-state index in [1.165, 1.54) is 23.9 Å². The van der Waals surface area contributed by atoms with Crippen molar-refractivity contribution in [2.45, 2.75) is 30.4 Å². The number of rotatable bonds is 9. The van der Waals surface area contributed by atoms with Crippen LogP contribution in [0.3, 0.4) is 0 Å². The van der Waals surface area contributed by atoms with Crippen LogP contribution >= 0.6 is 11.8 Å². The molecule has 0 saturated carbocycles. The molecule has 3 aromatic heterocycles. The van der Waals surface area contributed by atoms with Gasteiger partial charge >= 0.3 is 6.18 Å². The van der Waals surface area contributed by atoms with Crippen molar-refractivity contribution in [2.75, 3.05) is 42.5 Å². The van der Waals surface area contributed by atoms with E-state index in [0.717, 1.165) is 23.3 Å². The topological polar surface area (TPSA) is 87.4 Å². The van der Waals surface area contributed by atoms with Crippen LogP contribution in [0.1, 0.15) is 33.3 Å². The molecule has 0 aliphatic carbocycles. The van der Waals surface area contributed by atoms with E-state index in [0.29, 0.717) is 61.5 Å². The highest BCUT2D eigenvalue weighted by Gasteiger charge is 2.31. The smallest absolute Gasteiger partial charge is 0.416 e. The lowest BCUT2D eigenvalue weighted by Gasteiger charge is -2.37. The predicted octanol–water partition coefficient (Wildman–Crippen LogP) is 5.38. The van der Waals surface area contributed by atoms with Crippen LogP contribution in [0.25, 0.3) is 0 Å². The fourth-order valence-corrected chi connectivity index (χ4v) is 5.27. The third-order valence-corrected chi connectivity index (χ3v) is 7.45. The Balaban J connectivity index is 1.13. The second kappa shape index (κ2) is 12.6. The number of alkyl halides is 3. The van der Waals surface area contributed by atoms with Crippen molar-refractivity contribution in [3.63, 3.8) is 0 Å². The quantitative estimate of drug-likeness (QED) is 0.208. The molecule has 1 aromatic carbocycles. The van der Waals surface area contributed by atoms with E-state index >= 15 is 0 Å². The summed E-state index contributed by atoms with van der Waals surface area (Å²) >= 11 is 1.41. The fourth-order valence-electron chi connectivity index (χ4n) is 4.47. The van der Waals surface area contributed by atoms with Crippen LogP contribution in [-0.4, -0.2) is 53.6 Å². The van der Waals surface area contributed by atoms with Gasteiger partial charge in [-0.3, -0.25) is 9.78 Å². The van der Waals surface area contributed by atoms with Crippen molar-refractivity contribution < 1.29 is 22.4 Å². The second-order valence-corrected chi connectivity index (χ2v) is 10.5.